The van der Waals surface area contributed by atoms with Crippen LogP contribution in [0.3, 0.4) is 0 Å². The topological polar surface area (TPSA) is 56.3 Å². The fourth-order valence-electron chi connectivity index (χ4n) is 3.44. The first-order valence-electron chi connectivity index (χ1n) is 8.59. The minimum Gasteiger partial charge on any atom is -0.493 e. The normalized spacial score (nSPS) is 16.5. The zero-order valence-electron chi connectivity index (χ0n) is 14.5. The molecule has 4 rings (SSSR count). The number of fused-ring (bicyclic) bond motifs is 2. The molecule has 2 heterocycles. The van der Waals surface area contributed by atoms with Gasteiger partial charge in [-0.3, -0.25) is 4.98 Å². The van der Waals surface area contributed by atoms with Crippen LogP contribution >= 0.6 is 0 Å². The molecule has 0 fully saturated rings. The maximum atomic E-state index is 5.89. The summed E-state index contributed by atoms with van der Waals surface area (Å²) in [5.41, 5.74) is 5.12. The van der Waals surface area contributed by atoms with Crippen molar-refractivity contribution in [3.05, 3.63) is 59.4 Å². The van der Waals surface area contributed by atoms with Crippen LogP contribution in [0.4, 0.5) is 0 Å². The minimum atomic E-state index is 0.00553. The van der Waals surface area contributed by atoms with Crippen LogP contribution in [-0.2, 0) is 6.42 Å². The second-order valence-corrected chi connectivity index (χ2v) is 6.02. The Balaban J connectivity index is 1.81. The lowest BCUT2D eigenvalue weighted by Crippen LogP contribution is -2.31. The summed E-state index contributed by atoms with van der Waals surface area (Å²) < 4.78 is 11.4. The van der Waals surface area contributed by atoms with Gasteiger partial charge in [0.05, 0.1) is 42.7 Å². The molecule has 1 atom stereocenters. The Morgan fingerprint density at radius 3 is 2.80 bits per heavy atom. The number of methoxy groups -OCH3 is 1. The number of ether oxygens (including phenoxy) is 2. The van der Waals surface area contributed by atoms with E-state index < -0.39 is 0 Å². The first-order valence-corrected chi connectivity index (χ1v) is 8.59. The van der Waals surface area contributed by atoms with Gasteiger partial charge < -0.3 is 14.8 Å². The largest absolute Gasteiger partial charge is 0.493 e. The molecule has 1 N–H and O–H groups in total. The number of rotatable bonds is 4. The smallest absolute Gasteiger partial charge is 0.164 e. The average molecular weight is 335 g/mol. The number of aromatic nitrogens is 2. The Labute approximate surface area is 147 Å². The zero-order chi connectivity index (χ0) is 17.2. The number of hydrogen-bond donors (Lipinski definition) is 1. The van der Waals surface area contributed by atoms with Crippen molar-refractivity contribution in [3.8, 4) is 11.5 Å². The summed E-state index contributed by atoms with van der Waals surface area (Å²) in [6, 6.07) is 12.0. The van der Waals surface area contributed by atoms with Crippen LogP contribution < -0.4 is 14.8 Å². The lowest BCUT2D eigenvalue weighted by molar-refractivity contribution is 0.305. The Morgan fingerprint density at radius 2 is 2.00 bits per heavy atom. The van der Waals surface area contributed by atoms with Crippen LogP contribution in [0.15, 0.2) is 42.6 Å². The molecular weight excluding hydrogens is 314 g/mol. The predicted octanol–water partition coefficient (Wildman–Crippen LogP) is 3.27. The molecule has 1 aliphatic heterocycles. The van der Waals surface area contributed by atoms with E-state index in [0.29, 0.717) is 6.61 Å². The molecule has 5 heteroatoms. The standard InChI is InChI=1S/C20H21N3O2/c1-3-25-20-14-10-11-21-19(13(14)8-9-18(20)24-2)17-12-22-15-6-4-5-7-16(15)23-17/h4-9,12,19,21H,3,10-11H2,1-2H3/t19-/m1/s1. The van der Waals surface area contributed by atoms with Crippen molar-refractivity contribution in [3.63, 3.8) is 0 Å². The third-order valence-electron chi connectivity index (χ3n) is 4.57. The molecule has 1 aliphatic rings. The summed E-state index contributed by atoms with van der Waals surface area (Å²) >= 11 is 0. The molecule has 5 nitrogen and oxygen atoms in total. The van der Waals surface area contributed by atoms with Crippen molar-refractivity contribution in [2.75, 3.05) is 20.3 Å². The summed E-state index contributed by atoms with van der Waals surface area (Å²) in [4.78, 5) is 9.38. The molecule has 25 heavy (non-hydrogen) atoms. The van der Waals surface area contributed by atoms with E-state index in [1.54, 1.807) is 7.11 Å². The highest BCUT2D eigenvalue weighted by Crippen LogP contribution is 2.39. The van der Waals surface area contributed by atoms with Gasteiger partial charge in [-0.2, -0.15) is 0 Å². The van der Waals surface area contributed by atoms with Gasteiger partial charge in [-0.05, 0) is 37.1 Å². The molecule has 1 aromatic heterocycles. The number of para-hydroxylation sites is 2. The van der Waals surface area contributed by atoms with Crippen LogP contribution in [0.5, 0.6) is 11.5 Å². The average Bonchev–Trinajstić information content (AvgIpc) is 2.67. The number of nitrogens with zero attached hydrogens (tertiary/aromatic N) is 2. The molecule has 128 valence electrons. The van der Waals surface area contributed by atoms with Crippen LogP contribution in [0, 0.1) is 0 Å². The van der Waals surface area contributed by atoms with Gasteiger partial charge in [0.15, 0.2) is 11.5 Å². The summed E-state index contributed by atoms with van der Waals surface area (Å²) in [6.07, 6.45) is 2.76. The van der Waals surface area contributed by atoms with E-state index in [2.05, 4.69) is 16.4 Å². The lowest BCUT2D eigenvalue weighted by atomic mass is 9.91. The maximum absolute atomic E-state index is 5.89. The molecule has 0 bridgehead atoms. The number of benzene rings is 2. The minimum absolute atomic E-state index is 0.00553. The highest BCUT2D eigenvalue weighted by atomic mass is 16.5. The molecule has 0 aliphatic carbocycles. The van der Waals surface area contributed by atoms with Crippen LogP contribution in [0.1, 0.15) is 29.8 Å². The second kappa shape index (κ2) is 6.69. The van der Waals surface area contributed by atoms with Crippen molar-refractivity contribution < 1.29 is 9.47 Å². The van der Waals surface area contributed by atoms with Gasteiger partial charge in [0, 0.05) is 12.1 Å². The van der Waals surface area contributed by atoms with Crippen molar-refractivity contribution in [1.29, 1.82) is 0 Å². The Bertz CT molecular complexity index is 911. The van der Waals surface area contributed by atoms with Gasteiger partial charge in [0.25, 0.3) is 0 Å². The van der Waals surface area contributed by atoms with E-state index in [4.69, 9.17) is 14.5 Å². The van der Waals surface area contributed by atoms with Crippen LogP contribution in [0.2, 0.25) is 0 Å². The summed E-state index contributed by atoms with van der Waals surface area (Å²) in [5.74, 6) is 1.63. The van der Waals surface area contributed by atoms with E-state index in [9.17, 15) is 0 Å². The molecule has 0 saturated carbocycles. The third kappa shape index (κ3) is 2.81. The van der Waals surface area contributed by atoms with Crippen molar-refractivity contribution in [2.45, 2.75) is 19.4 Å². The Hall–Kier alpha value is -2.66. The third-order valence-corrected chi connectivity index (χ3v) is 4.57. The van der Waals surface area contributed by atoms with Gasteiger partial charge in [-0.15, -0.1) is 0 Å². The fraction of sp³-hybridized carbons (Fsp3) is 0.300. The van der Waals surface area contributed by atoms with Gasteiger partial charge in [0.2, 0.25) is 0 Å². The summed E-state index contributed by atoms with van der Waals surface area (Å²) in [7, 11) is 1.68. The highest BCUT2D eigenvalue weighted by molar-refractivity contribution is 5.73. The van der Waals surface area contributed by atoms with E-state index in [-0.39, 0.29) is 6.04 Å². The lowest BCUT2D eigenvalue weighted by Gasteiger charge is -2.28. The van der Waals surface area contributed by atoms with Crippen molar-refractivity contribution >= 4 is 11.0 Å². The number of hydrogen-bond acceptors (Lipinski definition) is 5. The van der Waals surface area contributed by atoms with E-state index in [1.165, 1.54) is 11.1 Å². The first-order chi connectivity index (χ1) is 12.3. The molecule has 0 radical (unpaired) electrons. The van der Waals surface area contributed by atoms with Gasteiger partial charge in [-0.25, -0.2) is 4.98 Å². The molecule has 0 spiro atoms. The zero-order valence-corrected chi connectivity index (χ0v) is 14.5. The second-order valence-electron chi connectivity index (χ2n) is 6.02. The monoisotopic (exact) mass is 335 g/mol. The first kappa shape index (κ1) is 15.8. The van der Waals surface area contributed by atoms with Gasteiger partial charge in [0.1, 0.15) is 0 Å². The van der Waals surface area contributed by atoms with Gasteiger partial charge >= 0.3 is 0 Å². The van der Waals surface area contributed by atoms with Crippen LogP contribution in [0.25, 0.3) is 11.0 Å². The van der Waals surface area contributed by atoms with Gasteiger partial charge in [-0.1, -0.05) is 18.2 Å². The van der Waals surface area contributed by atoms with E-state index >= 15 is 0 Å². The quantitative estimate of drug-likeness (QED) is 0.793. The summed E-state index contributed by atoms with van der Waals surface area (Å²) in [5, 5.41) is 3.56. The molecule has 0 unspecified atom stereocenters. The van der Waals surface area contributed by atoms with E-state index in [1.807, 2.05) is 43.5 Å². The summed E-state index contributed by atoms with van der Waals surface area (Å²) in [6.45, 7) is 3.46. The van der Waals surface area contributed by atoms with E-state index in [0.717, 1.165) is 41.2 Å². The Kier molecular flexibility index (Phi) is 4.24. The predicted molar refractivity (Wildman–Crippen MR) is 97.3 cm³/mol. The molecule has 2 aromatic carbocycles. The fourth-order valence-corrected chi connectivity index (χ4v) is 3.44. The Morgan fingerprint density at radius 1 is 1.16 bits per heavy atom. The SMILES string of the molecule is CCOc1c(OC)ccc2c1CCN[C@H]2c1cnc2ccccc2n1. The maximum Gasteiger partial charge on any atom is 0.164 e. The highest BCUT2D eigenvalue weighted by Gasteiger charge is 2.27. The molecule has 3 aromatic rings. The van der Waals surface area contributed by atoms with Crippen LogP contribution in [-0.4, -0.2) is 30.2 Å². The van der Waals surface area contributed by atoms with Crippen molar-refractivity contribution in [2.24, 2.45) is 0 Å². The molecule has 0 amide bonds. The van der Waals surface area contributed by atoms with Crippen molar-refractivity contribution in [1.82, 2.24) is 15.3 Å². The molecular formula is C20H21N3O2. The number of nitrogens with one attached hydrogen (secondary N) is 1. The molecule has 0 saturated heterocycles.